The SMILES string of the molecule is C[C@@H](NC(=O)c1cccs1)C(=O)NCc1cccnc1. The molecule has 5 nitrogen and oxygen atoms in total. The molecule has 2 N–H and O–H groups in total. The number of amides is 2. The van der Waals surface area contributed by atoms with Gasteiger partial charge in [0.1, 0.15) is 6.04 Å². The summed E-state index contributed by atoms with van der Waals surface area (Å²) in [4.78, 5) is 28.2. The molecule has 2 aromatic rings. The summed E-state index contributed by atoms with van der Waals surface area (Å²) in [6.07, 6.45) is 3.37. The zero-order valence-corrected chi connectivity index (χ0v) is 11.8. The fourth-order valence-corrected chi connectivity index (χ4v) is 2.21. The molecule has 2 heterocycles. The van der Waals surface area contributed by atoms with Crippen molar-refractivity contribution in [3.8, 4) is 0 Å². The molecule has 0 aliphatic carbocycles. The predicted molar refractivity (Wildman–Crippen MR) is 77.3 cm³/mol. The average molecular weight is 289 g/mol. The number of pyridine rings is 1. The van der Waals surface area contributed by atoms with E-state index in [0.717, 1.165) is 5.56 Å². The van der Waals surface area contributed by atoms with Crippen molar-refractivity contribution >= 4 is 23.2 Å². The fraction of sp³-hybridized carbons (Fsp3) is 0.214. The summed E-state index contributed by atoms with van der Waals surface area (Å²) in [5, 5.41) is 7.24. The van der Waals surface area contributed by atoms with Crippen LogP contribution in [0.4, 0.5) is 0 Å². The Hall–Kier alpha value is -2.21. The summed E-state index contributed by atoms with van der Waals surface area (Å²) in [5.41, 5.74) is 0.914. The van der Waals surface area contributed by atoms with Crippen molar-refractivity contribution in [1.82, 2.24) is 15.6 Å². The molecule has 2 aromatic heterocycles. The number of aromatic nitrogens is 1. The fourth-order valence-electron chi connectivity index (χ4n) is 1.59. The van der Waals surface area contributed by atoms with Gasteiger partial charge in [0.05, 0.1) is 4.88 Å². The third-order valence-corrected chi connectivity index (χ3v) is 3.54. The van der Waals surface area contributed by atoms with Crippen LogP contribution >= 0.6 is 11.3 Å². The van der Waals surface area contributed by atoms with Crippen LogP contribution in [0.25, 0.3) is 0 Å². The van der Waals surface area contributed by atoms with Crippen LogP contribution in [-0.2, 0) is 11.3 Å². The number of carbonyl (C=O) groups excluding carboxylic acids is 2. The van der Waals surface area contributed by atoms with Crippen molar-refractivity contribution in [3.05, 3.63) is 52.5 Å². The highest BCUT2D eigenvalue weighted by atomic mass is 32.1. The second kappa shape index (κ2) is 6.81. The molecule has 2 rings (SSSR count). The van der Waals surface area contributed by atoms with Gasteiger partial charge in [-0.1, -0.05) is 12.1 Å². The summed E-state index contributed by atoms with van der Waals surface area (Å²) >= 11 is 1.34. The summed E-state index contributed by atoms with van der Waals surface area (Å²) in [7, 11) is 0. The van der Waals surface area contributed by atoms with Gasteiger partial charge in [-0.25, -0.2) is 0 Å². The van der Waals surface area contributed by atoms with Gasteiger partial charge in [0.2, 0.25) is 5.91 Å². The lowest BCUT2D eigenvalue weighted by Crippen LogP contribution is -2.44. The van der Waals surface area contributed by atoms with Crippen LogP contribution in [-0.4, -0.2) is 22.8 Å². The van der Waals surface area contributed by atoms with Crippen LogP contribution in [0.3, 0.4) is 0 Å². The maximum absolute atomic E-state index is 11.9. The largest absolute Gasteiger partial charge is 0.350 e. The first-order valence-corrected chi connectivity index (χ1v) is 7.06. The Morgan fingerprint density at radius 1 is 1.35 bits per heavy atom. The third kappa shape index (κ3) is 3.89. The first-order valence-electron chi connectivity index (χ1n) is 6.18. The van der Waals surface area contributed by atoms with Crippen LogP contribution in [0, 0.1) is 0 Å². The smallest absolute Gasteiger partial charge is 0.261 e. The molecule has 0 spiro atoms. The number of carbonyl (C=O) groups is 2. The zero-order valence-electron chi connectivity index (χ0n) is 11.0. The maximum Gasteiger partial charge on any atom is 0.261 e. The molecule has 0 fully saturated rings. The van der Waals surface area contributed by atoms with E-state index in [0.29, 0.717) is 11.4 Å². The molecule has 0 saturated carbocycles. The van der Waals surface area contributed by atoms with Gasteiger partial charge < -0.3 is 10.6 Å². The molecule has 0 bridgehead atoms. The zero-order chi connectivity index (χ0) is 14.4. The van der Waals surface area contributed by atoms with Gasteiger partial charge in [-0.05, 0) is 30.0 Å². The normalized spacial score (nSPS) is 11.7. The van der Waals surface area contributed by atoms with E-state index in [4.69, 9.17) is 0 Å². The van der Waals surface area contributed by atoms with Gasteiger partial charge in [-0.15, -0.1) is 11.3 Å². The molecule has 6 heteroatoms. The topological polar surface area (TPSA) is 71.1 Å². The molecule has 20 heavy (non-hydrogen) atoms. The van der Waals surface area contributed by atoms with Gasteiger partial charge in [0.15, 0.2) is 0 Å². The Morgan fingerprint density at radius 2 is 2.20 bits per heavy atom. The Morgan fingerprint density at radius 3 is 2.85 bits per heavy atom. The molecule has 2 amide bonds. The number of thiophene rings is 1. The van der Waals surface area contributed by atoms with Crippen LogP contribution in [0.15, 0.2) is 42.0 Å². The summed E-state index contributed by atoms with van der Waals surface area (Å²) in [5.74, 6) is -0.456. The minimum Gasteiger partial charge on any atom is -0.350 e. The summed E-state index contributed by atoms with van der Waals surface area (Å²) < 4.78 is 0. The molecule has 0 aliphatic heterocycles. The van der Waals surface area contributed by atoms with E-state index in [1.807, 2.05) is 17.5 Å². The summed E-state index contributed by atoms with van der Waals surface area (Å²) in [6.45, 7) is 2.05. The van der Waals surface area contributed by atoms with Crippen molar-refractivity contribution in [1.29, 1.82) is 0 Å². The van der Waals surface area contributed by atoms with E-state index in [9.17, 15) is 9.59 Å². The van der Waals surface area contributed by atoms with E-state index in [-0.39, 0.29) is 11.8 Å². The minimum atomic E-state index is -0.582. The Labute approximate surface area is 121 Å². The molecule has 0 unspecified atom stereocenters. The Balaban J connectivity index is 1.82. The second-order valence-corrected chi connectivity index (χ2v) is 5.20. The highest BCUT2D eigenvalue weighted by molar-refractivity contribution is 7.12. The van der Waals surface area contributed by atoms with E-state index >= 15 is 0 Å². The standard InChI is InChI=1S/C14H15N3O2S/c1-10(17-14(19)12-5-3-7-20-12)13(18)16-9-11-4-2-6-15-8-11/h2-8,10H,9H2,1H3,(H,16,18)(H,17,19)/t10-/m1/s1. The van der Waals surface area contributed by atoms with Crippen molar-refractivity contribution in [2.45, 2.75) is 19.5 Å². The van der Waals surface area contributed by atoms with Crippen LogP contribution < -0.4 is 10.6 Å². The Bertz CT molecular complexity index is 569. The minimum absolute atomic E-state index is 0.223. The van der Waals surface area contributed by atoms with E-state index < -0.39 is 6.04 Å². The van der Waals surface area contributed by atoms with E-state index in [1.165, 1.54) is 11.3 Å². The highest BCUT2D eigenvalue weighted by Gasteiger charge is 2.16. The molecule has 104 valence electrons. The maximum atomic E-state index is 11.9. The van der Waals surface area contributed by atoms with Gasteiger partial charge in [-0.2, -0.15) is 0 Å². The Kier molecular flexibility index (Phi) is 4.84. The van der Waals surface area contributed by atoms with Gasteiger partial charge in [0, 0.05) is 18.9 Å². The number of rotatable bonds is 5. The van der Waals surface area contributed by atoms with E-state index in [1.54, 1.807) is 31.5 Å². The van der Waals surface area contributed by atoms with Gasteiger partial charge in [-0.3, -0.25) is 14.6 Å². The molecular formula is C14H15N3O2S. The second-order valence-electron chi connectivity index (χ2n) is 4.25. The van der Waals surface area contributed by atoms with Crippen molar-refractivity contribution < 1.29 is 9.59 Å². The quantitative estimate of drug-likeness (QED) is 0.878. The molecule has 1 atom stereocenters. The first-order chi connectivity index (χ1) is 9.66. The first kappa shape index (κ1) is 14.2. The average Bonchev–Trinajstić information content (AvgIpc) is 3.00. The summed E-state index contributed by atoms with van der Waals surface area (Å²) in [6, 6.07) is 6.62. The van der Waals surface area contributed by atoms with Gasteiger partial charge in [0.25, 0.3) is 5.91 Å². The lowest BCUT2D eigenvalue weighted by Gasteiger charge is -2.13. The lowest BCUT2D eigenvalue weighted by atomic mass is 10.2. The molecule has 0 aromatic carbocycles. The van der Waals surface area contributed by atoms with Crippen molar-refractivity contribution in [2.24, 2.45) is 0 Å². The lowest BCUT2D eigenvalue weighted by molar-refractivity contribution is -0.122. The highest BCUT2D eigenvalue weighted by Crippen LogP contribution is 2.08. The molecule has 0 saturated heterocycles. The molecule has 0 aliphatic rings. The molecular weight excluding hydrogens is 274 g/mol. The van der Waals surface area contributed by atoms with E-state index in [2.05, 4.69) is 15.6 Å². The number of nitrogens with one attached hydrogen (secondary N) is 2. The van der Waals surface area contributed by atoms with Crippen molar-refractivity contribution in [3.63, 3.8) is 0 Å². The number of hydrogen-bond donors (Lipinski definition) is 2. The predicted octanol–water partition coefficient (Wildman–Crippen LogP) is 1.58. The monoisotopic (exact) mass is 289 g/mol. The number of nitrogens with zero attached hydrogens (tertiary/aromatic N) is 1. The van der Waals surface area contributed by atoms with Crippen LogP contribution in [0.1, 0.15) is 22.2 Å². The van der Waals surface area contributed by atoms with Crippen LogP contribution in [0.5, 0.6) is 0 Å². The third-order valence-electron chi connectivity index (χ3n) is 2.68. The van der Waals surface area contributed by atoms with Crippen molar-refractivity contribution in [2.75, 3.05) is 0 Å². The van der Waals surface area contributed by atoms with Gasteiger partial charge >= 0.3 is 0 Å². The molecule has 0 radical (unpaired) electrons. The van der Waals surface area contributed by atoms with Crippen LogP contribution in [0.2, 0.25) is 0 Å². The number of hydrogen-bond acceptors (Lipinski definition) is 4.